The molecular weight excluding hydrogens is 262 g/mol. The van der Waals surface area contributed by atoms with Crippen LogP contribution in [0.25, 0.3) is 10.9 Å². The van der Waals surface area contributed by atoms with E-state index in [2.05, 4.69) is 35.8 Å². The smallest absolute Gasteiger partial charge is 0.258 e. The molecule has 1 unspecified atom stereocenters. The summed E-state index contributed by atoms with van der Waals surface area (Å²) in [6.45, 7) is 5.36. The molecule has 1 aliphatic rings. The number of nitrogens with one attached hydrogen (secondary N) is 1. The Balaban J connectivity index is 1.80. The van der Waals surface area contributed by atoms with Gasteiger partial charge in [-0.25, -0.2) is 4.98 Å². The van der Waals surface area contributed by atoms with E-state index in [1.807, 2.05) is 24.3 Å². The molecule has 0 aliphatic heterocycles. The Labute approximate surface area is 125 Å². The summed E-state index contributed by atoms with van der Waals surface area (Å²) in [6.07, 6.45) is 3.70. The van der Waals surface area contributed by atoms with Gasteiger partial charge in [0.15, 0.2) is 0 Å². The first kappa shape index (κ1) is 14.3. The van der Waals surface area contributed by atoms with Gasteiger partial charge in [-0.3, -0.25) is 9.69 Å². The first-order chi connectivity index (χ1) is 9.94. The Hall–Kier alpha value is -1.68. The van der Waals surface area contributed by atoms with Crippen LogP contribution in [0.4, 0.5) is 0 Å². The Morgan fingerprint density at radius 2 is 2.14 bits per heavy atom. The van der Waals surface area contributed by atoms with Gasteiger partial charge in [-0.2, -0.15) is 0 Å². The third-order valence-electron chi connectivity index (χ3n) is 4.63. The maximum Gasteiger partial charge on any atom is 0.258 e. The van der Waals surface area contributed by atoms with E-state index < -0.39 is 0 Å². The second kappa shape index (κ2) is 5.26. The molecule has 4 nitrogen and oxygen atoms in total. The highest BCUT2D eigenvalue weighted by Crippen LogP contribution is 2.39. The van der Waals surface area contributed by atoms with Crippen molar-refractivity contribution in [3.8, 4) is 0 Å². The molecule has 0 saturated heterocycles. The molecule has 1 atom stereocenters. The second-order valence-corrected chi connectivity index (χ2v) is 7.01. The minimum atomic E-state index is -0.0456. The molecule has 0 radical (unpaired) electrons. The molecule has 1 aliphatic carbocycles. The fraction of sp³-hybridized carbons (Fsp3) is 0.529. The van der Waals surface area contributed by atoms with Gasteiger partial charge in [-0.15, -0.1) is 0 Å². The summed E-state index contributed by atoms with van der Waals surface area (Å²) in [5, 5.41) is 0.658. The summed E-state index contributed by atoms with van der Waals surface area (Å²) >= 11 is 0. The average Bonchev–Trinajstić information content (AvgIpc) is 2.79. The second-order valence-electron chi connectivity index (χ2n) is 7.01. The van der Waals surface area contributed by atoms with Crippen molar-refractivity contribution < 1.29 is 0 Å². The molecular formula is C17H23N3O. The lowest BCUT2D eigenvalue weighted by atomic mass is 9.91. The van der Waals surface area contributed by atoms with Crippen LogP contribution in [0.2, 0.25) is 0 Å². The van der Waals surface area contributed by atoms with Gasteiger partial charge in [0.2, 0.25) is 0 Å². The third kappa shape index (κ3) is 3.00. The van der Waals surface area contributed by atoms with Crippen LogP contribution in [-0.4, -0.2) is 28.0 Å². The zero-order chi connectivity index (χ0) is 15.0. The van der Waals surface area contributed by atoms with E-state index in [9.17, 15) is 4.79 Å². The van der Waals surface area contributed by atoms with Crippen LogP contribution in [-0.2, 0) is 6.54 Å². The number of fused-ring (bicyclic) bond motifs is 1. The number of aromatic nitrogens is 2. The Morgan fingerprint density at radius 1 is 1.38 bits per heavy atom. The van der Waals surface area contributed by atoms with Gasteiger partial charge in [0.05, 0.1) is 17.4 Å². The molecule has 2 aromatic rings. The zero-order valence-corrected chi connectivity index (χ0v) is 13.0. The summed E-state index contributed by atoms with van der Waals surface area (Å²) < 4.78 is 0. The maximum absolute atomic E-state index is 12.1. The normalized spacial score (nSPS) is 21.2. The molecule has 112 valence electrons. The topological polar surface area (TPSA) is 49.0 Å². The van der Waals surface area contributed by atoms with Gasteiger partial charge in [-0.05, 0) is 43.9 Å². The molecule has 0 spiro atoms. The standard InChI is InChI=1S/C17H23N3O/c1-17(2)9-8-12(10-17)20(3)11-15-18-14-7-5-4-6-13(14)16(21)19-15/h4-7,12H,8-11H2,1-3H3,(H,18,19,21). The summed E-state index contributed by atoms with van der Waals surface area (Å²) in [4.78, 5) is 21.9. The highest BCUT2D eigenvalue weighted by atomic mass is 16.1. The molecule has 3 rings (SSSR count). The van der Waals surface area contributed by atoms with Crippen LogP contribution in [0.5, 0.6) is 0 Å². The van der Waals surface area contributed by atoms with E-state index in [4.69, 9.17) is 0 Å². The van der Waals surface area contributed by atoms with Crippen molar-refractivity contribution in [3.05, 3.63) is 40.4 Å². The van der Waals surface area contributed by atoms with E-state index in [0.29, 0.717) is 23.4 Å². The lowest BCUT2D eigenvalue weighted by molar-refractivity contribution is 0.215. The maximum atomic E-state index is 12.1. The summed E-state index contributed by atoms with van der Waals surface area (Å²) in [5.74, 6) is 0.755. The van der Waals surface area contributed by atoms with Crippen LogP contribution in [0.15, 0.2) is 29.1 Å². The number of para-hydroxylation sites is 1. The lowest BCUT2D eigenvalue weighted by Gasteiger charge is -2.25. The van der Waals surface area contributed by atoms with Crippen molar-refractivity contribution in [2.45, 2.75) is 45.7 Å². The number of H-pyrrole nitrogens is 1. The van der Waals surface area contributed by atoms with E-state index in [1.165, 1.54) is 19.3 Å². The van der Waals surface area contributed by atoms with E-state index >= 15 is 0 Å². The first-order valence-electron chi connectivity index (χ1n) is 7.63. The van der Waals surface area contributed by atoms with Crippen LogP contribution in [0, 0.1) is 5.41 Å². The van der Waals surface area contributed by atoms with Crippen LogP contribution < -0.4 is 5.56 Å². The van der Waals surface area contributed by atoms with E-state index in [1.54, 1.807) is 0 Å². The van der Waals surface area contributed by atoms with Crippen LogP contribution in [0.1, 0.15) is 38.9 Å². The predicted octanol–water partition coefficient (Wildman–Crippen LogP) is 2.93. The Kier molecular flexibility index (Phi) is 3.57. The number of aromatic amines is 1. The summed E-state index contributed by atoms with van der Waals surface area (Å²) in [7, 11) is 2.13. The highest BCUT2D eigenvalue weighted by molar-refractivity contribution is 5.77. The molecule has 1 aromatic carbocycles. The number of hydrogen-bond acceptors (Lipinski definition) is 3. The van der Waals surface area contributed by atoms with Crippen molar-refractivity contribution in [2.24, 2.45) is 5.41 Å². The number of nitrogens with zero attached hydrogens (tertiary/aromatic N) is 2. The number of hydrogen-bond donors (Lipinski definition) is 1. The van der Waals surface area contributed by atoms with Crippen molar-refractivity contribution in [2.75, 3.05) is 7.05 Å². The fourth-order valence-electron chi connectivity index (χ4n) is 3.35. The molecule has 0 bridgehead atoms. The molecule has 4 heteroatoms. The van der Waals surface area contributed by atoms with E-state index in [-0.39, 0.29) is 5.56 Å². The SMILES string of the molecule is CN(Cc1nc2ccccc2c(=O)[nH]1)C1CCC(C)(C)C1. The van der Waals surface area contributed by atoms with Gasteiger partial charge in [-0.1, -0.05) is 26.0 Å². The van der Waals surface area contributed by atoms with Crippen molar-refractivity contribution >= 4 is 10.9 Å². The van der Waals surface area contributed by atoms with Crippen molar-refractivity contribution in [1.29, 1.82) is 0 Å². The summed E-state index contributed by atoms with van der Waals surface area (Å²) in [5.41, 5.74) is 1.16. The zero-order valence-electron chi connectivity index (χ0n) is 13.0. The third-order valence-corrected chi connectivity index (χ3v) is 4.63. The van der Waals surface area contributed by atoms with Crippen LogP contribution >= 0.6 is 0 Å². The average molecular weight is 285 g/mol. The van der Waals surface area contributed by atoms with Gasteiger partial charge in [0.1, 0.15) is 5.82 Å². The molecule has 1 aromatic heterocycles. The van der Waals surface area contributed by atoms with Gasteiger partial charge >= 0.3 is 0 Å². The minimum absolute atomic E-state index is 0.0456. The highest BCUT2D eigenvalue weighted by Gasteiger charge is 2.33. The Bertz CT molecular complexity index is 704. The van der Waals surface area contributed by atoms with Gasteiger partial charge in [0.25, 0.3) is 5.56 Å². The molecule has 1 fully saturated rings. The fourth-order valence-corrected chi connectivity index (χ4v) is 3.35. The van der Waals surface area contributed by atoms with E-state index in [0.717, 1.165) is 11.3 Å². The van der Waals surface area contributed by atoms with Gasteiger partial charge in [0, 0.05) is 6.04 Å². The molecule has 1 N–H and O–H groups in total. The number of benzene rings is 1. The Morgan fingerprint density at radius 3 is 2.86 bits per heavy atom. The monoisotopic (exact) mass is 285 g/mol. The summed E-state index contributed by atoms with van der Waals surface area (Å²) in [6, 6.07) is 8.07. The van der Waals surface area contributed by atoms with Crippen molar-refractivity contribution in [1.82, 2.24) is 14.9 Å². The quantitative estimate of drug-likeness (QED) is 0.943. The van der Waals surface area contributed by atoms with Crippen molar-refractivity contribution in [3.63, 3.8) is 0 Å². The molecule has 1 saturated carbocycles. The van der Waals surface area contributed by atoms with Crippen LogP contribution in [0.3, 0.4) is 0 Å². The van der Waals surface area contributed by atoms with Gasteiger partial charge < -0.3 is 4.98 Å². The number of rotatable bonds is 3. The largest absolute Gasteiger partial charge is 0.309 e. The molecule has 0 amide bonds. The first-order valence-corrected chi connectivity index (χ1v) is 7.63. The minimum Gasteiger partial charge on any atom is -0.309 e. The lowest BCUT2D eigenvalue weighted by Crippen LogP contribution is -2.31. The molecule has 1 heterocycles. The predicted molar refractivity (Wildman–Crippen MR) is 85.3 cm³/mol. The molecule has 21 heavy (non-hydrogen) atoms.